The topological polar surface area (TPSA) is 102 Å². The second-order valence-corrected chi connectivity index (χ2v) is 8.29. The Balaban J connectivity index is 1.82. The third-order valence-corrected chi connectivity index (χ3v) is 5.72. The van der Waals surface area contributed by atoms with Crippen molar-refractivity contribution in [3.05, 3.63) is 93.7 Å². The van der Waals surface area contributed by atoms with Crippen molar-refractivity contribution in [3.8, 4) is 23.2 Å². The van der Waals surface area contributed by atoms with Gasteiger partial charge < -0.3 is 4.74 Å². The molecule has 2 aromatic heterocycles. The number of nitrogens with zero attached hydrogens (tertiary/aromatic N) is 4. The Morgan fingerprint density at radius 2 is 1.88 bits per heavy atom. The lowest BCUT2D eigenvalue weighted by atomic mass is 9.85. The molecule has 4 rings (SSSR count). The van der Waals surface area contributed by atoms with E-state index in [0.717, 1.165) is 16.7 Å². The average Bonchev–Trinajstić information content (AvgIpc) is 2.84. The van der Waals surface area contributed by atoms with E-state index in [1.807, 2.05) is 68.4 Å². The van der Waals surface area contributed by atoms with E-state index in [-0.39, 0.29) is 5.69 Å². The molecule has 0 spiro atoms. The standard InChI is InChI=1S/C26H22N4O3/c1-26(2,16-27)19-10-7-17(8-11-19)13-21-20-14-18(22-5-4-6-25(29-22)33-3)9-12-23(20)28-15-24(21)30(31)32/h4-12,14-15H,13H2,1-3H3. The van der Waals surface area contributed by atoms with Gasteiger partial charge in [-0.15, -0.1) is 0 Å². The molecule has 0 aliphatic rings. The van der Waals surface area contributed by atoms with Crippen LogP contribution in [0.15, 0.2) is 66.9 Å². The van der Waals surface area contributed by atoms with Crippen molar-refractivity contribution in [2.45, 2.75) is 25.7 Å². The van der Waals surface area contributed by atoms with Crippen molar-refractivity contribution in [2.75, 3.05) is 7.11 Å². The highest BCUT2D eigenvalue weighted by Crippen LogP contribution is 2.32. The first-order chi connectivity index (χ1) is 15.8. The Bertz CT molecular complexity index is 1390. The fourth-order valence-corrected chi connectivity index (χ4v) is 3.74. The Labute approximate surface area is 191 Å². The van der Waals surface area contributed by atoms with Crippen LogP contribution in [0.3, 0.4) is 0 Å². The quantitative estimate of drug-likeness (QED) is 0.287. The SMILES string of the molecule is COc1cccc(-c2ccc3ncc([N+](=O)[O-])c(Cc4ccc(C(C)(C)C#N)cc4)c3c2)n1. The molecule has 0 aliphatic carbocycles. The van der Waals surface area contributed by atoms with Gasteiger partial charge in [0, 0.05) is 29.0 Å². The first-order valence-electron chi connectivity index (χ1n) is 10.4. The molecule has 7 nitrogen and oxygen atoms in total. The van der Waals surface area contributed by atoms with Gasteiger partial charge in [0.1, 0.15) is 6.20 Å². The predicted molar refractivity (Wildman–Crippen MR) is 126 cm³/mol. The van der Waals surface area contributed by atoms with Crippen LogP contribution in [0.1, 0.15) is 30.5 Å². The molecule has 2 aromatic carbocycles. The number of hydrogen-bond acceptors (Lipinski definition) is 6. The number of pyridine rings is 2. The largest absolute Gasteiger partial charge is 0.481 e. The summed E-state index contributed by atoms with van der Waals surface area (Å²) in [5, 5.41) is 21.9. The van der Waals surface area contributed by atoms with Crippen LogP contribution in [0.5, 0.6) is 5.88 Å². The van der Waals surface area contributed by atoms with Gasteiger partial charge in [0.05, 0.1) is 34.7 Å². The fraction of sp³-hybridized carbons (Fsp3) is 0.192. The third-order valence-electron chi connectivity index (χ3n) is 5.72. The Morgan fingerprint density at radius 1 is 1.12 bits per heavy atom. The minimum absolute atomic E-state index is 0.0281. The highest BCUT2D eigenvalue weighted by atomic mass is 16.6. The molecule has 7 heteroatoms. The van der Waals surface area contributed by atoms with Crippen molar-refractivity contribution in [3.63, 3.8) is 0 Å². The highest BCUT2D eigenvalue weighted by Gasteiger charge is 2.21. The number of hydrogen-bond donors (Lipinski definition) is 0. The Hall–Kier alpha value is -4.31. The fourth-order valence-electron chi connectivity index (χ4n) is 3.74. The van der Waals surface area contributed by atoms with Crippen LogP contribution in [-0.2, 0) is 11.8 Å². The zero-order valence-electron chi connectivity index (χ0n) is 18.6. The van der Waals surface area contributed by atoms with Gasteiger partial charge >= 0.3 is 0 Å². The van der Waals surface area contributed by atoms with E-state index in [4.69, 9.17) is 4.74 Å². The van der Waals surface area contributed by atoms with Crippen LogP contribution < -0.4 is 4.74 Å². The van der Waals surface area contributed by atoms with Crippen LogP contribution >= 0.6 is 0 Å². The molecule has 0 N–H and O–H groups in total. The number of benzene rings is 2. The Kier molecular flexibility index (Phi) is 5.76. The van der Waals surface area contributed by atoms with Gasteiger partial charge in [0.2, 0.25) is 5.88 Å². The first-order valence-corrected chi connectivity index (χ1v) is 10.4. The number of aromatic nitrogens is 2. The van der Waals surface area contributed by atoms with Crippen LogP contribution in [-0.4, -0.2) is 22.0 Å². The summed E-state index contributed by atoms with van der Waals surface area (Å²) >= 11 is 0. The molecule has 0 fully saturated rings. The van der Waals surface area contributed by atoms with E-state index in [9.17, 15) is 15.4 Å². The molecular formula is C26H22N4O3. The van der Waals surface area contributed by atoms with Crippen molar-refractivity contribution in [1.29, 1.82) is 5.26 Å². The van der Waals surface area contributed by atoms with E-state index in [1.165, 1.54) is 6.20 Å². The smallest absolute Gasteiger partial charge is 0.291 e. The highest BCUT2D eigenvalue weighted by molar-refractivity contribution is 5.89. The second-order valence-electron chi connectivity index (χ2n) is 8.29. The van der Waals surface area contributed by atoms with Crippen LogP contribution in [0.4, 0.5) is 5.69 Å². The molecule has 0 saturated heterocycles. The molecule has 0 bridgehead atoms. The number of fused-ring (bicyclic) bond motifs is 1. The van der Waals surface area contributed by atoms with Gasteiger partial charge in [-0.1, -0.05) is 36.4 Å². The summed E-state index contributed by atoms with van der Waals surface area (Å²) < 4.78 is 5.23. The number of ether oxygens (including phenoxy) is 1. The monoisotopic (exact) mass is 438 g/mol. The maximum Gasteiger partial charge on any atom is 0.291 e. The van der Waals surface area contributed by atoms with Crippen molar-refractivity contribution in [1.82, 2.24) is 9.97 Å². The summed E-state index contributed by atoms with van der Waals surface area (Å²) in [4.78, 5) is 20.2. The zero-order valence-corrected chi connectivity index (χ0v) is 18.6. The van der Waals surface area contributed by atoms with Crippen LogP contribution in [0.25, 0.3) is 22.2 Å². The number of methoxy groups -OCH3 is 1. The van der Waals surface area contributed by atoms with Gasteiger partial charge in [-0.25, -0.2) is 9.97 Å². The van der Waals surface area contributed by atoms with E-state index in [0.29, 0.717) is 34.5 Å². The molecule has 4 aromatic rings. The Morgan fingerprint density at radius 3 is 2.55 bits per heavy atom. The molecule has 0 aliphatic heterocycles. The molecule has 2 heterocycles. The van der Waals surface area contributed by atoms with Crippen molar-refractivity contribution < 1.29 is 9.66 Å². The molecule has 164 valence electrons. The second kappa shape index (κ2) is 8.67. The molecule has 33 heavy (non-hydrogen) atoms. The summed E-state index contributed by atoms with van der Waals surface area (Å²) in [5.41, 5.74) is 3.95. The summed E-state index contributed by atoms with van der Waals surface area (Å²) in [6.07, 6.45) is 1.67. The van der Waals surface area contributed by atoms with E-state index >= 15 is 0 Å². The van der Waals surface area contributed by atoms with Gasteiger partial charge in [-0.3, -0.25) is 10.1 Å². The van der Waals surface area contributed by atoms with Crippen molar-refractivity contribution in [2.24, 2.45) is 0 Å². The summed E-state index contributed by atoms with van der Waals surface area (Å²) in [6, 6.07) is 21.0. The maximum absolute atomic E-state index is 11.8. The molecule has 0 unspecified atom stereocenters. The lowest BCUT2D eigenvalue weighted by molar-refractivity contribution is -0.385. The minimum Gasteiger partial charge on any atom is -0.481 e. The summed E-state index contributed by atoms with van der Waals surface area (Å²) in [6.45, 7) is 3.72. The molecule has 0 radical (unpaired) electrons. The van der Waals surface area contributed by atoms with Gasteiger partial charge in [-0.05, 0) is 43.2 Å². The minimum atomic E-state index is -0.605. The van der Waals surface area contributed by atoms with Gasteiger partial charge in [0.25, 0.3) is 5.69 Å². The van der Waals surface area contributed by atoms with Crippen LogP contribution in [0.2, 0.25) is 0 Å². The predicted octanol–water partition coefficient (Wildman–Crippen LogP) is 5.61. The third kappa shape index (κ3) is 4.37. The molecule has 0 amide bonds. The normalized spacial score (nSPS) is 11.2. The lowest BCUT2D eigenvalue weighted by Crippen LogP contribution is -2.13. The van der Waals surface area contributed by atoms with E-state index < -0.39 is 10.3 Å². The lowest BCUT2D eigenvalue weighted by Gasteiger charge is -2.16. The van der Waals surface area contributed by atoms with E-state index in [2.05, 4.69) is 16.0 Å². The maximum atomic E-state index is 11.8. The van der Waals surface area contributed by atoms with Crippen molar-refractivity contribution >= 4 is 16.6 Å². The molecular weight excluding hydrogens is 416 g/mol. The summed E-state index contributed by atoms with van der Waals surface area (Å²) in [5.74, 6) is 0.491. The van der Waals surface area contributed by atoms with Gasteiger partial charge in [0.15, 0.2) is 0 Å². The molecule has 0 saturated carbocycles. The zero-order chi connectivity index (χ0) is 23.6. The number of nitro groups is 1. The number of nitriles is 1. The van der Waals surface area contributed by atoms with Crippen LogP contribution in [0, 0.1) is 21.4 Å². The van der Waals surface area contributed by atoms with Gasteiger partial charge in [-0.2, -0.15) is 5.26 Å². The van der Waals surface area contributed by atoms with E-state index in [1.54, 1.807) is 13.2 Å². The first kappa shape index (κ1) is 21.9. The molecule has 0 atom stereocenters. The summed E-state index contributed by atoms with van der Waals surface area (Å²) in [7, 11) is 1.56. The number of rotatable bonds is 6. The average molecular weight is 438 g/mol.